The van der Waals surface area contributed by atoms with E-state index in [2.05, 4.69) is 12.2 Å². The summed E-state index contributed by atoms with van der Waals surface area (Å²) in [4.78, 5) is 26.9. The molecule has 1 saturated heterocycles. The van der Waals surface area contributed by atoms with Gasteiger partial charge in [-0.25, -0.2) is 0 Å². The van der Waals surface area contributed by atoms with Gasteiger partial charge in [-0.05, 0) is 30.9 Å². The number of anilines is 1. The van der Waals surface area contributed by atoms with E-state index in [1.54, 1.807) is 4.90 Å². The SMILES string of the molecule is C[C@@H]1CCCC[C@H]1NC(=O)[C@H]1CC(=O)N(c2ccc3c(c2)OCCO3)C1. The first-order chi connectivity index (χ1) is 12.6. The number of amides is 2. The normalized spacial score (nSPS) is 28.1. The molecule has 0 aromatic heterocycles. The molecule has 1 N–H and O–H groups in total. The molecule has 1 aromatic rings. The summed E-state index contributed by atoms with van der Waals surface area (Å²) < 4.78 is 11.1. The second-order valence-corrected chi connectivity index (χ2v) is 7.61. The Labute approximate surface area is 153 Å². The molecular weight excluding hydrogens is 332 g/mol. The zero-order valence-corrected chi connectivity index (χ0v) is 15.2. The zero-order valence-electron chi connectivity index (χ0n) is 15.2. The highest BCUT2D eigenvalue weighted by atomic mass is 16.6. The first kappa shape index (κ1) is 17.2. The van der Waals surface area contributed by atoms with Crippen LogP contribution in [-0.2, 0) is 9.59 Å². The van der Waals surface area contributed by atoms with Crippen molar-refractivity contribution >= 4 is 17.5 Å². The minimum Gasteiger partial charge on any atom is -0.486 e. The molecule has 1 aromatic carbocycles. The van der Waals surface area contributed by atoms with E-state index in [0.717, 1.165) is 18.5 Å². The molecule has 2 fully saturated rings. The molecule has 0 spiro atoms. The largest absolute Gasteiger partial charge is 0.486 e. The molecular formula is C20H26N2O4. The van der Waals surface area contributed by atoms with Crippen molar-refractivity contribution in [2.75, 3.05) is 24.7 Å². The van der Waals surface area contributed by atoms with Gasteiger partial charge in [-0.15, -0.1) is 0 Å². The van der Waals surface area contributed by atoms with Gasteiger partial charge in [0.2, 0.25) is 11.8 Å². The van der Waals surface area contributed by atoms with Gasteiger partial charge in [-0.2, -0.15) is 0 Å². The van der Waals surface area contributed by atoms with Gasteiger partial charge in [0.1, 0.15) is 13.2 Å². The van der Waals surface area contributed by atoms with E-state index in [0.29, 0.717) is 37.2 Å². The molecule has 6 heteroatoms. The second-order valence-electron chi connectivity index (χ2n) is 7.61. The molecule has 26 heavy (non-hydrogen) atoms. The van der Waals surface area contributed by atoms with Crippen LogP contribution in [0.2, 0.25) is 0 Å². The van der Waals surface area contributed by atoms with Gasteiger partial charge in [0.25, 0.3) is 0 Å². The predicted molar refractivity (Wildman–Crippen MR) is 97.5 cm³/mol. The Morgan fingerprint density at radius 3 is 2.73 bits per heavy atom. The Kier molecular flexibility index (Phi) is 4.74. The minimum atomic E-state index is -0.287. The third-order valence-electron chi connectivity index (χ3n) is 5.77. The van der Waals surface area contributed by atoms with E-state index in [9.17, 15) is 9.59 Å². The van der Waals surface area contributed by atoms with Gasteiger partial charge in [-0.1, -0.05) is 19.8 Å². The van der Waals surface area contributed by atoms with Crippen LogP contribution in [0.25, 0.3) is 0 Å². The minimum absolute atomic E-state index is 0.0112. The lowest BCUT2D eigenvalue weighted by atomic mass is 9.85. The highest BCUT2D eigenvalue weighted by Crippen LogP contribution is 2.36. The highest BCUT2D eigenvalue weighted by molar-refractivity contribution is 6.00. The Hall–Kier alpha value is -2.24. The van der Waals surface area contributed by atoms with Crippen molar-refractivity contribution in [3.05, 3.63) is 18.2 Å². The van der Waals surface area contributed by atoms with Gasteiger partial charge >= 0.3 is 0 Å². The molecule has 3 aliphatic rings. The predicted octanol–water partition coefficient (Wildman–Crippen LogP) is 2.51. The van der Waals surface area contributed by atoms with Crippen LogP contribution in [-0.4, -0.2) is 37.6 Å². The fraction of sp³-hybridized carbons (Fsp3) is 0.600. The number of hydrogen-bond acceptors (Lipinski definition) is 4. The molecule has 2 amide bonds. The van der Waals surface area contributed by atoms with Crippen molar-refractivity contribution < 1.29 is 19.1 Å². The van der Waals surface area contributed by atoms with Crippen LogP contribution in [0.1, 0.15) is 39.0 Å². The molecule has 0 bridgehead atoms. The van der Waals surface area contributed by atoms with Crippen LogP contribution >= 0.6 is 0 Å². The number of nitrogens with zero attached hydrogens (tertiary/aromatic N) is 1. The van der Waals surface area contributed by atoms with Crippen molar-refractivity contribution in [1.82, 2.24) is 5.32 Å². The quantitative estimate of drug-likeness (QED) is 0.901. The van der Waals surface area contributed by atoms with E-state index in [1.807, 2.05) is 18.2 Å². The molecule has 0 radical (unpaired) electrons. The summed E-state index contributed by atoms with van der Waals surface area (Å²) >= 11 is 0. The Morgan fingerprint density at radius 1 is 1.15 bits per heavy atom. The summed E-state index contributed by atoms with van der Waals surface area (Å²) in [6.07, 6.45) is 4.88. The van der Waals surface area contributed by atoms with E-state index in [4.69, 9.17) is 9.47 Å². The first-order valence-corrected chi connectivity index (χ1v) is 9.62. The summed E-state index contributed by atoms with van der Waals surface area (Å²) in [5.74, 6) is 1.58. The Bertz CT molecular complexity index is 705. The van der Waals surface area contributed by atoms with E-state index in [-0.39, 0.29) is 30.2 Å². The summed E-state index contributed by atoms with van der Waals surface area (Å²) in [5.41, 5.74) is 0.764. The lowest BCUT2D eigenvalue weighted by Crippen LogP contribution is -2.44. The number of nitrogens with one attached hydrogen (secondary N) is 1. The Balaban J connectivity index is 1.42. The second kappa shape index (κ2) is 7.17. The van der Waals surface area contributed by atoms with Crippen molar-refractivity contribution in [2.45, 2.75) is 45.1 Å². The maximum atomic E-state index is 12.7. The summed E-state index contributed by atoms with van der Waals surface area (Å²) in [6.45, 7) is 3.67. The average Bonchev–Trinajstić information content (AvgIpc) is 3.05. The van der Waals surface area contributed by atoms with Gasteiger partial charge in [-0.3, -0.25) is 9.59 Å². The standard InChI is InChI=1S/C20H26N2O4/c1-13-4-2-3-5-16(13)21-20(24)14-10-19(23)22(12-14)15-6-7-17-18(11-15)26-9-8-25-17/h6-7,11,13-14,16H,2-5,8-10,12H2,1H3,(H,21,24)/t13-,14+,16-/m1/s1. The lowest BCUT2D eigenvalue weighted by Gasteiger charge is -2.30. The molecule has 0 unspecified atom stereocenters. The molecule has 4 rings (SSSR count). The van der Waals surface area contributed by atoms with Gasteiger partial charge < -0.3 is 19.7 Å². The summed E-state index contributed by atoms with van der Waals surface area (Å²) in [5, 5.41) is 3.19. The highest BCUT2D eigenvalue weighted by Gasteiger charge is 2.37. The maximum absolute atomic E-state index is 12.7. The fourth-order valence-electron chi connectivity index (χ4n) is 4.16. The molecule has 2 aliphatic heterocycles. The molecule has 2 heterocycles. The average molecular weight is 358 g/mol. The number of benzene rings is 1. The number of fused-ring (bicyclic) bond motifs is 1. The summed E-state index contributed by atoms with van der Waals surface area (Å²) in [7, 11) is 0. The molecule has 1 saturated carbocycles. The third-order valence-corrected chi connectivity index (χ3v) is 5.77. The van der Waals surface area contributed by atoms with Gasteiger partial charge in [0.05, 0.1) is 5.92 Å². The van der Waals surface area contributed by atoms with Gasteiger partial charge in [0.15, 0.2) is 11.5 Å². The van der Waals surface area contributed by atoms with Crippen molar-refractivity contribution in [2.24, 2.45) is 11.8 Å². The van der Waals surface area contributed by atoms with Crippen molar-refractivity contribution in [1.29, 1.82) is 0 Å². The topological polar surface area (TPSA) is 67.9 Å². The number of rotatable bonds is 3. The van der Waals surface area contributed by atoms with Crippen molar-refractivity contribution in [3.8, 4) is 11.5 Å². The van der Waals surface area contributed by atoms with Gasteiger partial charge in [0, 0.05) is 30.8 Å². The molecule has 1 aliphatic carbocycles. The molecule has 6 nitrogen and oxygen atoms in total. The zero-order chi connectivity index (χ0) is 18.1. The van der Waals surface area contributed by atoms with Crippen LogP contribution < -0.4 is 19.7 Å². The Morgan fingerprint density at radius 2 is 1.92 bits per heavy atom. The van der Waals surface area contributed by atoms with Crippen LogP contribution in [0, 0.1) is 11.8 Å². The van der Waals surface area contributed by atoms with Crippen LogP contribution in [0.4, 0.5) is 5.69 Å². The molecule has 140 valence electrons. The van der Waals surface area contributed by atoms with Crippen LogP contribution in [0.3, 0.4) is 0 Å². The maximum Gasteiger partial charge on any atom is 0.227 e. The first-order valence-electron chi connectivity index (χ1n) is 9.62. The van der Waals surface area contributed by atoms with E-state index in [1.165, 1.54) is 12.8 Å². The van der Waals surface area contributed by atoms with Crippen LogP contribution in [0.15, 0.2) is 18.2 Å². The van der Waals surface area contributed by atoms with Crippen molar-refractivity contribution in [3.63, 3.8) is 0 Å². The fourth-order valence-corrected chi connectivity index (χ4v) is 4.16. The lowest BCUT2D eigenvalue weighted by molar-refractivity contribution is -0.127. The van der Waals surface area contributed by atoms with E-state index < -0.39 is 0 Å². The molecule has 3 atom stereocenters. The van der Waals surface area contributed by atoms with Crippen LogP contribution in [0.5, 0.6) is 11.5 Å². The number of ether oxygens (including phenoxy) is 2. The summed E-state index contributed by atoms with van der Waals surface area (Å²) in [6, 6.07) is 5.76. The number of hydrogen-bond donors (Lipinski definition) is 1. The van der Waals surface area contributed by atoms with E-state index >= 15 is 0 Å². The third kappa shape index (κ3) is 3.37. The number of carbonyl (C=O) groups excluding carboxylic acids is 2. The smallest absolute Gasteiger partial charge is 0.227 e. The monoisotopic (exact) mass is 358 g/mol. The number of carbonyl (C=O) groups is 2.